The number of hydrogen-bond acceptors (Lipinski definition) is 6. The lowest BCUT2D eigenvalue weighted by atomic mass is 10.2. The number of fused-ring (bicyclic) bond motifs is 1. The van der Waals surface area contributed by atoms with Crippen LogP contribution in [0.5, 0.6) is 11.5 Å². The van der Waals surface area contributed by atoms with E-state index in [0.717, 1.165) is 36.4 Å². The molecule has 1 unspecified atom stereocenters. The zero-order valence-electron chi connectivity index (χ0n) is 10.3. The lowest BCUT2D eigenvalue weighted by Crippen LogP contribution is -2.12. The maximum Gasteiger partial charge on any atom is 0.244 e. The van der Waals surface area contributed by atoms with E-state index in [2.05, 4.69) is 15.5 Å². The number of hydrogen-bond donors (Lipinski definition) is 1. The van der Waals surface area contributed by atoms with Gasteiger partial charge in [-0.3, -0.25) is 0 Å². The van der Waals surface area contributed by atoms with E-state index in [9.17, 15) is 0 Å². The summed E-state index contributed by atoms with van der Waals surface area (Å²) >= 11 is 0. The van der Waals surface area contributed by atoms with Gasteiger partial charge in [0.25, 0.3) is 0 Å². The van der Waals surface area contributed by atoms with Gasteiger partial charge in [0.2, 0.25) is 18.5 Å². The third kappa shape index (κ3) is 1.84. The first kappa shape index (κ1) is 10.8. The van der Waals surface area contributed by atoms with Gasteiger partial charge in [0.05, 0.1) is 6.04 Å². The van der Waals surface area contributed by atoms with Crippen molar-refractivity contribution in [3.63, 3.8) is 0 Å². The van der Waals surface area contributed by atoms with Crippen LogP contribution in [-0.4, -0.2) is 23.5 Å². The zero-order valence-corrected chi connectivity index (χ0v) is 10.3. The minimum absolute atomic E-state index is 0.190. The molecule has 0 aliphatic carbocycles. The fourth-order valence-corrected chi connectivity index (χ4v) is 2.42. The van der Waals surface area contributed by atoms with E-state index in [0.29, 0.717) is 11.7 Å². The van der Waals surface area contributed by atoms with Crippen molar-refractivity contribution in [3.8, 4) is 22.9 Å². The van der Waals surface area contributed by atoms with Gasteiger partial charge in [0.1, 0.15) is 0 Å². The Morgan fingerprint density at radius 2 is 2.16 bits per heavy atom. The number of nitrogens with zero attached hydrogens (tertiary/aromatic N) is 2. The second-order valence-electron chi connectivity index (χ2n) is 4.67. The summed E-state index contributed by atoms with van der Waals surface area (Å²) in [7, 11) is 0. The predicted octanol–water partition coefficient (Wildman–Crippen LogP) is 1.89. The summed E-state index contributed by atoms with van der Waals surface area (Å²) in [6, 6.07) is 5.83. The highest BCUT2D eigenvalue weighted by Crippen LogP contribution is 2.35. The standard InChI is InChI=1S/C13H13N3O3/c1-2-9(14-5-1)13-15-12(16-19-13)8-3-4-10-11(6-8)18-7-17-10/h3-4,6,9,14H,1-2,5,7H2. The van der Waals surface area contributed by atoms with Crippen LogP contribution in [0.3, 0.4) is 0 Å². The van der Waals surface area contributed by atoms with Gasteiger partial charge >= 0.3 is 0 Å². The molecule has 0 radical (unpaired) electrons. The summed E-state index contributed by atoms with van der Waals surface area (Å²) in [5, 5.41) is 7.37. The Morgan fingerprint density at radius 1 is 1.21 bits per heavy atom. The van der Waals surface area contributed by atoms with Crippen molar-refractivity contribution in [2.75, 3.05) is 13.3 Å². The van der Waals surface area contributed by atoms with E-state index in [-0.39, 0.29) is 12.8 Å². The molecule has 1 aromatic carbocycles. The molecule has 6 heteroatoms. The van der Waals surface area contributed by atoms with Gasteiger partial charge in [0.15, 0.2) is 11.5 Å². The van der Waals surface area contributed by atoms with Gasteiger partial charge in [0, 0.05) is 5.56 Å². The first-order valence-electron chi connectivity index (χ1n) is 6.37. The minimum Gasteiger partial charge on any atom is -0.454 e. The summed E-state index contributed by atoms with van der Waals surface area (Å²) < 4.78 is 16.0. The molecular weight excluding hydrogens is 246 g/mol. The van der Waals surface area contributed by atoms with Gasteiger partial charge in [-0.25, -0.2) is 0 Å². The van der Waals surface area contributed by atoms with E-state index in [1.165, 1.54) is 0 Å². The van der Waals surface area contributed by atoms with Gasteiger partial charge in [-0.05, 0) is 37.6 Å². The molecule has 6 nitrogen and oxygen atoms in total. The molecule has 2 aliphatic heterocycles. The second kappa shape index (κ2) is 4.24. The van der Waals surface area contributed by atoms with Crippen LogP contribution in [0.25, 0.3) is 11.4 Å². The second-order valence-corrected chi connectivity index (χ2v) is 4.67. The molecular formula is C13H13N3O3. The number of benzene rings is 1. The molecule has 4 rings (SSSR count). The molecule has 1 N–H and O–H groups in total. The van der Waals surface area contributed by atoms with Crippen LogP contribution in [0, 0.1) is 0 Å². The van der Waals surface area contributed by atoms with Crippen LogP contribution in [0.2, 0.25) is 0 Å². The van der Waals surface area contributed by atoms with Crippen molar-refractivity contribution in [3.05, 3.63) is 24.1 Å². The first-order chi connectivity index (χ1) is 9.40. The molecule has 3 heterocycles. The molecule has 0 bridgehead atoms. The molecule has 19 heavy (non-hydrogen) atoms. The Hall–Kier alpha value is -2.08. The molecule has 2 aliphatic rings. The number of nitrogens with one attached hydrogen (secondary N) is 1. The molecule has 0 spiro atoms. The minimum atomic E-state index is 0.190. The Balaban J connectivity index is 1.65. The zero-order chi connectivity index (χ0) is 12.7. The topological polar surface area (TPSA) is 69.4 Å². The third-order valence-electron chi connectivity index (χ3n) is 3.43. The lowest BCUT2D eigenvalue weighted by Gasteiger charge is -2.01. The van der Waals surface area contributed by atoms with Crippen LogP contribution in [0.15, 0.2) is 22.7 Å². The highest BCUT2D eigenvalue weighted by Gasteiger charge is 2.23. The summed E-state index contributed by atoms with van der Waals surface area (Å²) in [5.41, 5.74) is 0.872. The first-order valence-corrected chi connectivity index (χ1v) is 6.37. The van der Waals surface area contributed by atoms with Crippen LogP contribution in [-0.2, 0) is 0 Å². The molecule has 2 aromatic rings. The molecule has 1 fully saturated rings. The monoisotopic (exact) mass is 259 g/mol. The molecule has 98 valence electrons. The highest BCUT2D eigenvalue weighted by atomic mass is 16.7. The van der Waals surface area contributed by atoms with Gasteiger partial charge in [-0.15, -0.1) is 0 Å². The quantitative estimate of drug-likeness (QED) is 0.888. The largest absolute Gasteiger partial charge is 0.454 e. The number of ether oxygens (including phenoxy) is 2. The van der Waals surface area contributed by atoms with E-state index in [1.807, 2.05) is 18.2 Å². The summed E-state index contributed by atoms with van der Waals surface area (Å²) in [5.74, 6) is 2.72. The van der Waals surface area contributed by atoms with Crippen molar-refractivity contribution in [1.82, 2.24) is 15.5 Å². The highest BCUT2D eigenvalue weighted by molar-refractivity contribution is 5.61. The van der Waals surface area contributed by atoms with Gasteiger partial charge in [-0.2, -0.15) is 4.98 Å². The molecule has 1 atom stereocenters. The molecule has 0 saturated carbocycles. The van der Waals surface area contributed by atoms with Gasteiger partial charge < -0.3 is 19.3 Å². The van der Waals surface area contributed by atoms with Crippen molar-refractivity contribution < 1.29 is 14.0 Å². The maximum absolute atomic E-state index is 5.35. The van der Waals surface area contributed by atoms with Crippen LogP contribution in [0.4, 0.5) is 0 Å². The summed E-state index contributed by atoms with van der Waals surface area (Å²) in [4.78, 5) is 4.45. The number of rotatable bonds is 2. The third-order valence-corrected chi connectivity index (χ3v) is 3.43. The van der Waals surface area contributed by atoms with Gasteiger partial charge in [-0.1, -0.05) is 5.16 Å². The Labute approximate surface area is 109 Å². The Kier molecular flexibility index (Phi) is 2.41. The maximum atomic E-state index is 5.35. The molecule has 1 aromatic heterocycles. The van der Waals surface area contributed by atoms with E-state index in [1.54, 1.807) is 0 Å². The number of aromatic nitrogens is 2. The molecule has 0 amide bonds. The van der Waals surface area contributed by atoms with Crippen molar-refractivity contribution in [2.45, 2.75) is 18.9 Å². The smallest absolute Gasteiger partial charge is 0.244 e. The van der Waals surface area contributed by atoms with Crippen molar-refractivity contribution in [1.29, 1.82) is 0 Å². The van der Waals surface area contributed by atoms with E-state index in [4.69, 9.17) is 14.0 Å². The molecule has 1 saturated heterocycles. The average molecular weight is 259 g/mol. The Morgan fingerprint density at radius 3 is 3.05 bits per heavy atom. The van der Waals surface area contributed by atoms with E-state index < -0.39 is 0 Å². The SMILES string of the molecule is c1cc2c(cc1-c1noc(C3CCCN3)n1)OCO2. The fourth-order valence-electron chi connectivity index (χ4n) is 2.42. The normalized spacial score (nSPS) is 20.9. The van der Waals surface area contributed by atoms with Crippen LogP contribution >= 0.6 is 0 Å². The fraction of sp³-hybridized carbons (Fsp3) is 0.385. The van der Waals surface area contributed by atoms with Crippen molar-refractivity contribution in [2.24, 2.45) is 0 Å². The lowest BCUT2D eigenvalue weighted by molar-refractivity contribution is 0.174. The average Bonchev–Trinajstić information content (AvgIpc) is 3.18. The Bertz CT molecular complexity index is 605. The summed E-state index contributed by atoms with van der Waals surface area (Å²) in [6.45, 7) is 1.27. The van der Waals surface area contributed by atoms with Crippen LogP contribution < -0.4 is 14.8 Å². The van der Waals surface area contributed by atoms with E-state index >= 15 is 0 Å². The summed E-state index contributed by atoms with van der Waals surface area (Å²) in [6.07, 6.45) is 2.19. The van der Waals surface area contributed by atoms with Crippen LogP contribution in [0.1, 0.15) is 24.8 Å². The van der Waals surface area contributed by atoms with Crippen molar-refractivity contribution >= 4 is 0 Å². The predicted molar refractivity (Wildman–Crippen MR) is 65.8 cm³/mol.